The molecule has 0 N–H and O–H groups in total. The molecule has 0 spiro atoms. The lowest BCUT2D eigenvalue weighted by atomic mass is 10.3. The summed E-state index contributed by atoms with van der Waals surface area (Å²) >= 11 is 0. The first kappa shape index (κ1) is 10.9. The molecule has 0 heterocycles. The highest BCUT2D eigenvalue weighted by molar-refractivity contribution is 4.46. The SMILES string of the molecule is CCN(C)CCC[N+](C)(C)C. The van der Waals surface area contributed by atoms with Crippen molar-refractivity contribution in [2.45, 2.75) is 13.3 Å². The summed E-state index contributed by atoms with van der Waals surface area (Å²) in [4.78, 5) is 2.36. The van der Waals surface area contributed by atoms with Crippen LogP contribution in [0.25, 0.3) is 0 Å². The van der Waals surface area contributed by atoms with E-state index < -0.39 is 0 Å². The van der Waals surface area contributed by atoms with Gasteiger partial charge in [-0.15, -0.1) is 0 Å². The summed E-state index contributed by atoms with van der Waals surface area (Å²) in [5.74, 6) is 0. The van der Waals surface area contributed by atoms with E-state index in [2.05, 4.69) is 40.0 Å². The van der Waals surface area contributed by atoms with Crippen molar-refractivity contribution in [2.75, 3.05) is 47.8 Å². The van der Waals surface area contributed by atoms with Crippen molar-refractivity contribution < 1.29 is 4.48 Å². The molecule has 0 aromatic heterocycles. The van der Waals surface area contributed by atoms with Crippen LogP contribution in [0.4, 0.5) is 0 Å². The van der Waals surface area contributed by atoms with Crippen LogP contribution in [0, 0.1) is 0 Å². The fourth-order valence-corrected chi connectivity index (χ4v) is 0.973. The van der Waals surface area contributed by atoms with Crippen LogP contribution in [0.5, 0.6) is 0 Å². The predicted molar refractivity (Wildman–Crippen MR) is 50.7 cm³/mol. The smallest absolute Gasteiger partial charge is 0.0792 e. The number of rotatable bonds is 5. The molecule has 2 nitrogen and oxygen atoms in total. The monoisotopic (exact) mass is 159 g/mol. The third-order valence-electron chi connectivity index (χ3n) is 1.91. The Balaban J connectivity index is 3.28. The van der Waals surface area contributed by atoms with Gasteiger partial charge in [-0.3, -0.25) is 0 Å². The Kier molecular flexibility index (Phi) is 4.69. The molecule has 0 saturated heterocycles. The summed E-state index contributed by atoms with van der Waals surface area (Å²) in [6.07, 6.45) is 1.30. The second-order valence-corrected chi connectivity index (χ2v) is 4.26. The zero-order valence-electron chi connectivity index (χ0n) is 8.72. The second kappa shape index (κ2) is 4.73. The molecule has 0 bridgehead atoms. The van der Waals surface area contributed by atoms with Gasteiger partial charge in [-0.1, -0.05) is 6.92 Å². The zero-order chi connectivity index (χ0) is 8.91. The van der Waals surface area contributed by atoms with Gasteiger partial charge in [0.15, 0.2) is 0 Å². The minimum Gasteiger partial charge on any atom is -0.331 e. The maximum atomic E-state index is 2.36. The van der Waals surface area contributed by atoms with Gasteiger partial charge >= 0.3 is 0 Å². The minimum absolute atomic E-state index is 1.08. The Labute approximate surface area is 71.4 Å². The topological polar surface area (TPSA) is 3.24 Å². The molecular weight excluding hydrogens is 136 g/mol. The summed E-state index contributed by atoms with van der Waals surface area (Å²) in [6, 6.07) is 0. The highest BCUT2D eigenvalue weighted by atomic mass is 15.3. The fraction of sp³-hybridized carbons (Fsp3) is 1.00. The van der Waals surface area contributed by atoms with E-state index in [1.54, 1.807) is 0 Å². The van der Waals surface area contributed by atoms with E-state index >= 15 is 0 Å². The summed E-state index contributed by atoms with van der Waals surface area (Å²) < 4.78 is 1.08. The summed E-state index contributed by atoms with van der Waals surface area (Å²) in [6.45, 7) is 5.86. The van der Waals surface area contributed by atoms with Crippen LogP contribution in [0.15, 0.2) is 0 Å². The summed E-state index contributed by atoms with van der Waals surface area (Å²) in [5, 5.41) is 0. The van der Waals surface area contributed by atoms with Gasteiger partial charge in [0.1, 0.15) is 0 Å². The van der Waals surface area contributed by atoms with Crippen LogP contribution in [0.1, 0.15) is 13.3 Å². The fourth-order valence-electron chi connectivity index (χ4n) is 0.973. The van der Waals surface area contributed by atoms with Crippen LogP contribution < -0.4 is 0 Å². The largest absolute Gasteiger partial charge is 0.331 e. The van der Waals surface area contributed by atoms with Gasteiger partial charge in [0.2, 0.25) is 0 Å². The van der Waals surface area contributed by atoms with E-state index in [-0.39, 0.29) is 0 Å². The Morgan fingerprint density at radius 1 is 1.18 bits per heavy atom. The lowest BCUT2D eigenvalue weighted by Crippen LogP contribution is -2.37. The van der Waals surface area contributed by atoms with Crippen LogP contribution in [-0.4, -0.2) is 57.2 Å². The van der Waals surface area contributed by atoms with Gasteiger partial charge in [0, 0.05) is 13.0 Å². The molecule has 0 amide bonds. The van der Waals surface area contributed by atoms with Crippen molar-refractivity contribution in [3.05, 3.63) is 0 Å². The van der Waals surface area contributed by atoms with Crippen molar-refractivity contribution in [3.8, 4) is 0 Å². The summed E-state index contributed by atoms with van der Waals surface area (Å²) in [7, 11) is 8.90. The van der Waals surface area contributed by atoms with E-state index in [0.717, 1.165) is 11.0 Å². The normalized spacial score (nSPS) is 12.5. The average Bonchev–Trinajstić information content (AvgIpc) is 1.85. The van der Waals surface area contributed by atoms with E-state index in [0.29, 0.717) is 0 Å². The Morgan fingerprint density at radius 2 is 1.73 bits per heavy atom. The van der Waals surface area contributed by atoms with E-state index in [1.807, 2.05) is 0 Å². The lowest BCUT2D eigenvalue weighted by molar-refractivity contribution is -0.870. The number of hydrogen-bond donors (Lipinski definition) is 0. The molecule has 0 aliphatic carbocycles. The first-order chi connectivity index (χ1) is 4.95. The molecule has 11 heavy (non-hydrogen) atoms. The van der Waals surface area contributed by atoms with Gasteiger partial charge in [-0.25, -0.2) is 0 Å². The van der Waals surface area contributed by atoms with Crippen molar-refractivity contribution in [3.63, 3.8) is 0 Å². The highest BCUT2D eigenvalue weighted by Gasteiger charge is 2.05. The van der Waals surface area contributed by atoms with Crippen LogP contribution in [0.2, 0.25) is 0 Å². The molecule has 0 radical (unpaired) electrons. The maximum Gasteiger partial charge on any atom is 0.0792 e. The first-order valence-corrected chi connectivity index (χ1v) is 4.44. The molecule has 0 rings (SSSR count). The molecule has 68 valence electrons. The van der Waals surface area contributed by atoms with Gasteiger partial charge in [-0.05, 0) is 13.6 Å². The highest BCUT2D eigenvalue weighted by Crippen LogP contribution is 1.94. The molecule has 0 unspecified atom stereocenters. The molecule has 0 saturated carbocycles. The van der Waals surface area contributed by atoms with Gasteiger partial charge < -0.3 is 9.38 Å². The minimum atomic E-state index is 1.08. The zero-order valence-corrected chi connectivity index (χ0v) is 8.72. The summed E-state index contributed by atoms with van der Waals surface area (Å²) in [5.41, 5.74) is 0. The van der Waals surface area contributed by atoms with Gasteiger partial charge in [0.25, 0.3) is 0 Å². The van der Waals surface area contributed by atoms with Crippen molar-refractivity contribution in [1.29, 1.82) is 0 Å². The molecule has 0 aromatic rings. The Bertz CT molecular complexity index is 94.2. The third kappa shape index (κ3) is 7.82. The molecular formula is C9H23N2+. The molecule has 0 atom stereocenters. The van der Waals surface area contributed by atoms with Gasteiger partial charge in [-0.2, -0.15) is 0 Å². The second-order valence-electron chi connectivity index (χ2n) is 4.26. The van der Waals surface area contributed by atoms with Crippen LogP contribution in [0.3, 0.4) is 0 Å². The maximum absolute atomic E-state index is 2.36. The predicted octanol–water partition coefficient (Wildman–Crippen LogP) is 1.03. The number of quaternary nitrogens is 1. The van der Waals surface area contributed by atoms with E-state index in [4.69, 9.17) is 0 Å². The van der Waals surface area contributed by atoms with Crippen molar-refractivity contribution in [1.82, 2.24) is 4.90 Å². The molecule has 2 heteroatoms. The lowest BCUT2D eigenvalue weighted by Gasteiger charge is -2.25. The van der Waals surface area contributed by atoms with E-state index in [9.17, 15) is 0 Å². The van der Waals surface area contributed by atoms with Crippen molar-refractivity contribution in [2.24, 2.45) is 0 Å². The quantitative estimate of drug-likeness (QED) is 0.542. The molecule has 0 aliphatic heterocycles. The number of hydrogen-bond acceptors (Lipinski definition) is 1. The van der Waals surface area contributed by atoms with Crippen LogP contribution >= 0.6 is 0 Å². The standard InChI is InChI=1S/C9H23N2/c1-6-10(2)8-7-9-11(3,4)5/h6-9H2,1-5H3/q+1. The van der Waals surface area contributed by atoms with E-state index in [1.165, 1.54) is 19.5 Å². The molecule has 0 aromatic carbocycles. The van der Waals surface area contributed by atoms with Crippen molar-refractivity contribution >= 4 is 0 Å². The van der Waals surface area contributed by atoms with Crippen LogP contribution in [-0.2, 0) is 0 Å². The molecule has 0 fully saturated rings. The third-order valence-corrected chi connectivity index (χ3v) is 1.91. The Morgan fingerprint density at radius 3 is 2.09 bits per heavy atom. The Hall–Kier alpha value is -0.0800. The number of nitrogens with zero attached hydrogens (tertiary/aromatic N) is 2. The average molecular weight is 159 g/mol. The molecule has 0 aliphatic rings. The first-order valence-electron chi connectivity index (χ1n) is 4.44. The van der Waals surface area contributed by atoms with Gasteiger partial charge in [0.05, 0.1) is 27.7 Å².